The topological polar surface area (TPSA) is 28.7 Å². The molecule has 3 aromatic carbocycles. The molecule has 0 aliphatic rings. The van der Waals surface area contributed by atoms with Crippen molar-refractivity contribution in [1.82, 2.24) is 9.97 Å². The van der Waals surface area contributed by atoms with Crippen LogP contribution in [0, 0.1) is 0 Å². The van der Waals surface area contributed by atoms with Gasteiger partial charge in [0, 0.05) is 36.8 Å². The fourth-order valence-corrected chi connectivity index (χ4v) is 3.96. The zero-order valence-electron chi connectivity index (χ0n) is 13.8. The second kappa shape index (κ2) is 7.57. The standard InChI is InChI=1S/C21H12Cl4N2/c22-15-6-13(7-16(23)10-15)19-20(14-8-17(24)11-18(25)9-14)27-21(26-19)12-4-2-1-3-5-12/h1-11H,(H,26,27). The van der Waals surface area contributed by atoms with Gasteiger partial charge in [-0.15, -0.1) is 0 Å². The van der Waals surface area contributed by atoms with E-state index in [1.54, 1.807) is 12.1 Å². The summed E-state index contributed by atoms with van der Waals surface area (Å²) in [7, 11) is 0. The van der Waals surface area contributed by atoms with E-state index in [4.69, 9.17) is 51.4 Å². The zero-order valence-corrected chi connectivity index (χ0v) is 16.8. The lowest BCUT2D eigenvalue weighted by Gasteiger charge is -2.06. The average Bonchev–Trinajstić information content (AvgIpc) is 3.06. The van der Waals surface area contributed by atoms with Gasteiger partial charge in [-0.25, -0.2) is 4.98 Å². The highest BCUT2D eigenvalue weighted by molar-refractivity contribution is 6.35. The molecule has 0 spiro atoms. The Balaban J connectivity index is 1.96. The van der Waals surface area contributed by atoms with Crippen LogP contribution in [-0.2, 0) is 0 Å². The first-order chi connectivity index (χ1) is 13.0. The van der Waals surface area contributed by atoms with Gasteiger partial charge in [0.15, 0.2) is 0 Å². The van der Waals surface area contributed by atoms with Gasteiger partial charge in [-0.1, -0.05) is 76.7 Å². The molecule has 1 aromatic heterocycles. The Morgan fingerprint density at radius 3 is 1.67 bits per heavy atom. The fourth-order valence-electron chi connectivity index (χ4n) is 2.91. The van der Waals surface area contributed by atoms with Crippen molar-refractivity contribution in [2.24, 2.45) is 0 Å². The number of benzene rings is 3. The van der Waals surface area contributed by atoms with Crippen molar-refractivity contribution in [1.29, 1.82) is 0 Å². The van der Waals surface area contributed by atoms with Crippen LogP contribution in [0.2, 0.25) is 20.1 Å². The lowest BCUT2D eigenvalue weighted by atomic mass is 10.1. The zero-order chi connectivity index (χ0) is 19.0. The van der Waals surface area contributed by atoms with Crippen molar-refractivity contribution >= 4 is 46.4 Å². The van der Waals surface area contributed by atoms with Crippen LogP contribution in [0.25, 0.3) is 33.9 Å². The van der Waals surface area contributed by atoms with Gasteiger partial charge < -0.3 is 4.98 Å². The number of hydrogen-bond donors (Lipinski definition) is 1. The van der Waals surface area contributed by atoms with E-state index in [-0.39, 0.29) is 0 Å². The van der Waals surface area contributed by atoms with Gasteiger partial charge >= 0.3 is 0 Å². The molecule has 0 radical (unpaired) electrons. The molecular formula is C21H12Cl4N2. The summed E-state index contributed by atoms with van der Waals surface area (Å²) in [6, 6.07) is 20.6. The summed E-state index contributed by atoms with van der Waals surface area (Å²) in [5.41, 5.74) is 4.10. The van der Waals surface area contributed by atoms with Crippen molar-refractivity contribution in [2.75, 3.05) is 0 Å². The van der Waals surface area contributed by atoms with Gasteiger partial charge in [-0.05, 0) is 36.4 Å². The molecule has 0 aliphatic heterocycles. The summed E-state index contributed by atoms with van der Waals surface area (Å²) in [5.74, 6) is 0.729. The molecule has 27 heavy (non-hydrogen) atoms. The SMILES string of the molecule is Clc1cc(Cl)cc(-c2nc(-c3ccccc3)[nH]c2-c2cc(Cl)cc(Cl)c2)c1. The maximum Gasteiger partial charge on any atom is 0.138 e. The molecule has 0 amide bonds. The monoisotopic (exact) mass is 432 g/mol. The van der Waals surface area contributed by atoms with Gasteiger partial charge in [0.25, 0.3) is 0 Å². The van der Waals surface area contributed by atoms with Crippen molar-refractivity contribution in [3.05, 3.63) is 86.8 Å². The molecule has 1 heterocycles. The predicted molar refractivity (Wildman–Crippen MR) is 115 cm³/mol. The Labute approximate surface area is 176 Å². The first-order valence-electron chi connectivity index (χ1n) is 8.08. The van der Waals surface area contributed by atoms with Crippen molar-refractivity contribution in [2.45, 2.75) is 0 Å². The minimum atomic E-state index is 0.539. The molecule has 0 aliphatic carbocycles. The van der Waals surface area contributed by atoms with Gasteiger partial charge in [-0.2, -0.15) is 0 Å². The van der Waals surface area contributed by atoms with Gasteiger partial charge in [0.2, 0.25) is 0 Å². The van der Waals surface area contributed by atoms with E-state index in [2.05, 4.69) is 4.98 Å². The second-order valence-electron chi connectivity index (χ2n) is 5.99. The van der Waals surface area contributed by atoms with Crippen LogP contribution in [0.1, 0.15) is 0 Å². The van der Waals surface area contributed by atoms with Crippen LogP contribution >= 0.6 is 46.4 Å². The van der Waals surface area contributed by atoms with Crippen LogP contribution in [-0.4, -0.2) is 9.97 Å². The van der Waals surface area contributed by atoms with Crippen LogP contribution in [0.3, 0.4) is 0 Å². The van der Waals surface area contributed by atoms with Crippen LogP contribution < -0.4 is 0 Å². The molecule has 4 rings (SSSR count). The molecular weight excluding hydrogens is 422 g/mol. The van der Waals surface area contributed by atoms with Gasteiger partial charge in [0.05, 0.1) is 11.4 Å². The number of halogens is 4. The molecule has 0 bridgehead atoms. The fraction of sp³-hybridized carbons (Fsp3) is 0. The summed E-state index contributed by atoms with van der Waals surface area (Å²) in [6.07, 6.45) is 0. The van der Waals surface area contributed by atoms with Crippen molar-refractivity contribution in [3.8, 4) is 33.9 Å². The smallest absolute Gasteiger partial charge is 0.138 e. The Bertz CT molecular complexity index is 1010. The summed E-state index contributed by atoms with van der Waals surface area (Å²) in [4.78, 5) is 8.20. The van der Waals surface area contributed by atoms with Crippen molar-refractivity contribution < 1.29 is 0 Å². The third-order valence-electron chi connectivity index (χ3n) is 4.04. The summed E-state index contributed by atoms with van der Waals surface area (Å²) in [6.45, 7) is 0. The minimum Gasteiger partial charge on any atom is -0.337 e. The summed E-state index contributed by atoms with van der Waals surface area (Å²) in [5, 5.41) is 2.17. The Morgan fingerprint density at radius 2 is 1.11 bits per heavy atom. The molecule has 134 valence electrons. The molecule has 4 aromatic rings. The molecule has 0 atom stereocenters. The van der Waals surface area contributed by atoms with Crippen LogP contribution in [0.4, 0.5) is 0 Å². The number of aromatic amines is 1. The minimum absolute atomic E-state index is 0.539. The molecule has 0 saturated carbocycles. The number of nitrogens with one attached hydrogen (secondary N) is 1. The lowest BCUT2D eigenvalue weighted by molar-refractivity contribution is 1.31. The largest absolute Gasteiger partial charge is 0.337 e. The number of hydrogen-bond acceptors (Lipinski definition) is 1. The normalized spacial score (nSPS) is 11.0. The first-order valence-corrected chi connectivity index (χ1v) is 9.59. The third kappa shape index (κ3) is 3.99. The highest BCUT2D eigenvalue weighted by Gasteiger charge is 2.17. The molecule has 6 heteroatoms. The second-order valence-corrected chi connectivity index (χ2v) is 7.74. The highest BCUT2D eigenvalue weighted by atomic mass is 35.5. The Morgan fingerprint density at radius 1 is 0.593 bits per heavy atom. The van der Waals surface area contributed by atoms with E-state index in [1.165, 1.54) is 0 Å². The van der Waals surface area contributed by atoms with Crippen LogP contribution in [0.5, 0.6) is 0 Å². The number of nitrogens with zero attached hydrogens (tertiary/aromatic N) is 1. The first kappa shape index (κ1) is 18.4. The van der Waals surface area contributed by atoms with E-state index in [9.17, 15) is 0 Å². The van der Waals surface area contributed by atoms with E-state index < -0.39 is 0 Å². The maximum absolute atomic E-state index is 6.21. The van der Waals surface area contributed by atoms with E-state index in [0.717, 1.165) is 33.9 Å². The number of H-pyrrole nitrogens is 1. The van der Waals surface area contributed by atoms with E-state index in [0.29, 0.717) is 20.1 Å². The molecule has 0 unspecified atom stereocenters. The average molecular weight is 434 g/mol. The number of imidazole rings is 1. The Kier molecular flexibility index (Phi) is 5.16. The van der Waals surface area contributed by atoms with Crippen LogP contribution in [0.15, 0.2) is 66.7 Å². The van der Waals surface area contributed by atoms with Gasteiger partial charge in [-0.3, -0.25) is 0 Å². The number of aromatic nitrogens is 2. The van der Waals surface area contributed by atoms with E-state index >= 15 is 0 Å². The van der Waals surface area contributed by atoms with Crippen molar-refractivity contribution in [3.63, 3.8) is 0 Å². The molecule has 2 nitrogen and oxygen atoms in total. The summed E-state index contributed by atoms with van der Waals surface area (Å²) >= 11 is 24.8. The molecule has 0 saturated heterocycles. The third-order valence-corrected chi connectivity index (χ3v) is 4.91. The summed E-state index contributed by atoms with van der Waals surface area (Å²) < 4.78 is 0. The molecule has 0 fully saturated rings. The number of rotatable bonds is 3. The maximum atomic E-state index is 6.21. The van der Waals surface area contributed by atoms with E-state index in [1.807, 2.05) is 54.6 Å². The molecule has 1 N–H and O–H groups in total. The predicted octanol–water partition coefficient (Wildman–Crippen LogP) is 8.02. The quantitative estimate of drug-likeness (QED) is 0.348. The Hall–Kier alpha value is -1.97. The van der Waals surface area contributed by atoms with Gasteiger partial charge in [0.1, 0.15) is 5.82 Å². The highest BCUT2D eigenvalue weighted by Crippen LogP contribution is 2.37. The lowest BCUT2D eigenvalue weighted by Crippen LogP contribution is -1.85.